The molecular formula is C18H31BFNO5. The Hall–Kier alpha value is -1.12. The van der Waals surface area contributed by atoms with Gasteiger partial charge >= 0.3 is 13.2 Å². The Morgan fingerprint density at radius 1 is 1.23 bits per heavy atom. The van der Waals surface area contributed by atoms with Crippen molar-refractivity contribution < 1.29 is 28.0 Å². The molecule has 8 heteroatoms. The van der Waals surface area contributed by atoms with Gasteiger partial charge in [-0.15, -0.1) is 0 Å². The van der Waals surface area contributed by atoms with Crippen LogP contribution in [0.4, 0.5) is 9.18 Å². The van der Waals surface area contributed by atoms with Crippen molar-refractivity contribution >= 4 is 13.2 Å². The SMILES string of the molecule is CC1COC(C=C(F)B2OC(C)(C)C(C)(C)O2)CN1C(=O)OC(C)(C)C. The second-order valence-electron chi connectivity index (χ2n) is 8.99. The Morgan fingerprint density at radius 2 is 1.77 bits per heavy atom. The molecule has 2 unspecified atom stereocenters. The number of amides is 1. The molecule has 0 bridgehead atoms. The number of carbonyl (C=O) groups is 1. The molecule has 0 aromatic carbocycles. The Kier molecular flexibility index (Phi) is 5.81. The summed E-state index contributed by atoms with van der Waals surface area (Å²) in [5.41, 5.74) is -2.37. The van der Waals surface area contributed by atoms with Crippen molar-refractivity contribution in [2.75, 3.05) is 13.2 Å². The minimum absolute atomic E-state index is 0.144. The number of morpholine rings is 1. The van der Waals surface area contributed by atoms with Gasteiger partial charge in [-0.05, 0) is 61.5 Å². The number of carbonyl (C=O) groups excluding carboxylic acids is 1. The van der Waals surface area contributed by atoms with E-state index in [4.69, 9.17) is 18.8 Å². The van der Waals surface area contributed by atoms with Gasteiger partial charge in [-0.25, -0.2) is 9.18 Å². The van der Waals surface area contributed by atoms with E-state index in [-0.39, 0.29) is 12.6 Å². The van der Waals surface area contributed by atoms with Gasteiger partial charge in [0.2, 0.25) is 0 Å². The maximum Gasteiger partial charge on any atom is 0.524 e. The molecule has 2 atom stereocenters. The third-order valence-electron chi connectivity index (χ3n) is 4.91. The molecule has 2 fully saturated rings. The molecule has 2 aliphatic heterocycles. The lowest BCUT2D eigenvalue weighted by Crippen LogP contribution is -2.52. The number of halogens is 1. The minimum Gasteiger partial charge on any atom is -0.444 e. The summed E-state index contributed by atoms with van der Waals surface area (Å²) < 4.78 is 37.2. The summed E-state index contributed by atoms with van der Waals surface area (Å²) in [4.78, 5) is 13.9. The van der Waals surface area contributed by atoms with Gasteiger partial charge in [0.25, 0.3) is 0 Å². The maximum atomic E-state index is 14.7. The van der Waals surface area contributed by atoms with E-state index in [1.165, 1.54) is 6.08 Å². The molecule has 6 nitrogen and oxygen atoms in total. The average molecular weight is 371 g/mol. The summed E-state index contributed by atoms with van der Waals surface area (Å²) in [7, 11) is -1.07. The lowest BCUT2D eigenvalue weighted by molar-refractivity contribution is -0.0500. The van der Waals surface area contributed by atoms with Crippen LogP contribution in [-0.4, -0.2) is 60.2 Å². The van der Waals surface area contributed by atoms with Crippen molar-refractivity contribution in [3.05, 3.63) is 11.8 Å². The van der Waals surface area contributed by atoms with E-state index in [1.807, 2.05) is 55.4 Å². The molecule has 0 spiro atoms. The topological polar surface area (TPSA) is 57.2 Å². The summed E-state index contributed by atoms with van der Waals surface area (Å²) in [6.07, 6.45) is 0.311. The van der Waals surface area contributed by atoms with Crippen molar-refractivity contribution in [1.29, 1.82) is 0 Å². The molecule has 0 saturated carbocycles. The van der Waals surface area contributed by atoms with E-state index < -0.39 is 41.8 Å². The van der Waals surface area contributed by atoms with Gasteiger partial charge in [0, 0.05) is 0 Å². The van der Waals surface area contributed by atoms with Gasteiger partial charge in [-0.3, -0.25) is 0 Å². The van der Waals surface area contributed by atoms with E-state index in [0.717, 1.165) is 0 Å². The van der Waals surface area contributed by atoms with Crippen LogP contribution in [0.5, 0.6) is 0 Å². The Morgan fingerprint density at radius 3 is 2.27 bits per heavy atom. The normalized spacial score (nSPS) is 29.0. The lowest BCUT2D eigenvalue weighted by atomic mass is 9.87. The molecular weight excluding hydrogens is 340 g/mol. The van der Waals surface area contributed by atoms with Crippen LogP contribution in [0, 0.1) is 0 Å². The van der Waals surface area contributed by atoms with Crippen LogP contribution < -0.4 is 0 Å². The number of hydrogen-bond donors (Lipinski definition) is 0. The van der Waals surface area contributed by atoms with Gasteiger partial charge in [-0.1, -0.05) is 0 Å². The molecule has 0 aliphatic carbocycles. The second-order valence-corrected chi connectivity index (χ2v) is 8.99. The first kappa shape index (κ1) is 21.2. The minimum atomic E-state index is -1.07. The summed E-state index contributed by atoms with van der Waals surface area (Å²) in [5, 5.41) is 0. The highest BCUT2D eigenvalue weighted by Crippen LogP contribution is 2.38. The molecule has 2 heterocycles. The molecule has 0 aromatic heterocycles. The third-order valence-corrected chi connectivity index (χ3v) is 4.91. The lowest BCUT2D eigenvalue weighted by Gasteiger charge is -2.37. The van der Waals surface area contributed by atoms with Gasteiger partial charge in [0.05, 0.1) is 36.5 Å². The molecule has 0 radical (unpaired) electrons. The fourth-order valence-electron chi connectivity index (χ4n) is 2.67. The highest BCUT2D eigenvalue weighted by Gasteiger charge is 2.53. The number of rotatable bonds is 2. The summed E-state index contributed by atoms with van der Waals surface area (Å²) in [5.74, 6) is 0. The van der Waals surface area contributed by atoms with Gasteiger partial charge in [0.1, 0.15) is 11.3 Å². The molecule has 148 valence electrons. The van der Waals surface area contributed by atoms with Gasteiger partial charge in [0.15, 0.2) is 0 Å². The van der Waals surface area contributed by atoms with Crippen LogP contribution in [0.15, 0.2) is 11.8 Å². The van der Waals surface area contributed by atoms with Crippen molar-refractivity contribution in [3.63, 3.8) is 0 Å². The standard InChI is InChI=1S/C18H31BFNO5/c1-12-11-23-13(10-21(12)15(22)24-16(2,3)4)9-14(20)19-25-17(5,6)18(7,8)26-19/h9,12-13H,10-11H2,1-8H3. The van der Waals surface area contributed by atoms with Crippen molar-refractivity contribution in [2.24, 2.45) is 0 Å². The number of ether oxygens (including phenoxy) is 2. The third kappa shape index (κ3) is 4.78. The summed E-state index contributed by atoms with van der Waals surface area (Å²) in [6, 6.07) is -0.144. The fourth-order valence-corrected chi connectivity index (χ4v) is 2.67. The smallest absolute Gasteiger partial charge is 0.444 e. The molecule has 2 aliphatic rings. The summed E-state index contributed by atoms with van der Waals surface area (Å²) in [6.45, 7) is 15.3. The van der Waals surface area contributed by atoms with Crippen molar-refractivity contribution in [2.45, 2.75) is 84.3 Å². The predicted molar refractivity (Wildman–Crippen MR) is 97.4 cm³/mol. The summed E-state index contributed by atoms with van der Waals surface area (Å²) >= 11 is 0. The van der Waals surface area contributed by atoms with Crippen molar-refractivity contribution in [3.8, 4) is 0 Å². The van der Waals surface area contributed by atoms with Crippen LogP contribution in [0.3, 0.4) is 0 Å². The molecule has 0 aromatic rings. The quantitative estimate of drug-likeness (QED) is 0.696. The zero-order chi connectivity index (χ0) is 19.9. The zero-order valence-corrected chi connectivity index (χ0v) is 17.1. The van der Waals surface area contributed by atoms with Crippen molar-refractivity contribution in [1.82, 2.24) is 4.90 Å². The van der Waals surface area contributed by atoms with Crippen LogP contribution in [0.2, 0.25) is 0 Å². The van der Waals surface area contributed by atoms with E-state index in [2.05, 4.69) is 0 Å². The van der Waals surface area contributed by atoms with E-state index >= 15 is 0 Å². The highest BCUT2D eigenvalue weighted by atomic mass is 19.1. The largest absolute Gasteiger partial charge is 0.524 e. The van der Waals surface area contributed by atoms with Crippen LogP contribution in [0.1, 0.15) is 55.4 Å². The first-order chi connectivity index (χ1) is 11.7. The highest BCUT2D eigenvalue weighted by molar-refractivity contribution is 6.53. The van der Waals surface area contributed by atoms with E-state index in [1.54, 1.807) is 4.90 Å². The molecule has 26 heavy (non-hydrogen) atoms. The average Bonchev–Trinajstić information content (AvgIpc) is 2.67. The van der Waals surface area contributed by atoms with Crippen LogP contribution in [0.25, 0.3) is 0 Å². The Labute approximate surface area is 156 Å². The first-order valence-electron chi connectivity index (χ1n) is 9.06. The fraction of sp³-hybridized carbons (Fsp3) is 0.833. The van der Waals surface area contributed by atoms with E-state index in [0.29, 0.717) is 6.61 Å². The number of nitrogens with zero attached hydrogens (tertiary/aromatic N) is 1. The monoisotopic (exact) mass is 371 g/mol. The number of hydrogen-bond acceptors (Lipinski definition) is 5. The second kappa shape index (κ2) is 7.13. The molecule has 2 saturated heterocycles. The molecule has 0 N–H and O–H groups in total. The predicted octanol–water partition coefficient (Wildman–Crippen LogP) is 3.50. The first-order valence-corrected chi connectivity index (χ1v) is 9.06. The Bertz CT molecular complexity index is 556. The molecule has 1 amide bonds. The van der Waals surface area contributed by atoms with Crippen LogP contribution in [-0.2, 0) is 18.8 Å². The molecule has 2 rings (SSSR count). The van der Waals surface area contributed by atoms with Gasteiger partial charge in [-0.2, -0.15) is 0 Å². The maximum absolute atomic E-state index is 14.7. The zero-order valence-electron chi connectivity index (χ0n) is 17.1. The van der Waals surface area contributed by atoms with Gasteiger partial charge < -0.3 is 23.7 Å². The van der Waals surface area contributed by atoms with Crippen LogP contribution >= 0.6 is 0 Å². The Balaban J connectivity index is 2.05. The van der Waals surface area contributed by atoms with E-state index in [9.17, 15) is 9.18 Å².